The second kappa shape index (κ2) is 10.4. The van der Waals surface area contributed by atoms with Gasteiger partial charge in [0, 0.05) is 0 Å². The van der Waals surface area contributed by atoms with E-state index in [1.165, 1.54) is 14.2 Å². The van der Waals surface area contributed by atoms with Crippen LogP contribution in [-0.2, 0) is 9.47 Å². The summed E-state index contributed by atoms with van der Waals surface area (Å²) in [4.78, 5) is 36.5. The monoisotopic (exact) mass is 404 g/mol. The van der Waals surface area contributed by atoms with Crippen LogP contribution in [0, 0.1) is 22.7 Å². The number of esters is 2. The number of nitrogens with two attached hydrogens (primary N) is 4. The topological polar surface area (TPSA) is 287 Å². The lowest BCUT2D eigenvalue weighted by atomic mass is 10.3. The van der Waals surface area contributed by atoms with Gasteiger partial charge >= 0.3 is 11.9 Å². The smallest absolute Gasteiger partial charge is 0.360 e. The number of carbonyl (C=O) groups excluding carboxylic acids is 2. The molecule has 0 amide bonds. The number of methoxy groups -OCH3 is 2. The van der Waals surface area contributed by atoms with Gasteiger partial charge in [0.05, 0.1) is 14.2 Å². The van der Waals surface area contributed by atoms with E-state index in [1.807, 2.05) is 0 Å². The summed E-state index contributed by atoms with van der Waals surface area (Å²) in [7, 11) is 2.34. The van der Waals surface area contributed by atoms with E-state index in [1.54, 1.807) is 12.1 Å². The first-order chi connectivity index (χ1) is 13.2. The minimum absolute atomic E-state index is 0. The molecule has 10 N–H and O–H groups in total. The molecule has 15 heteroatoms. The highest BCUT2D eigenvalue weighted by Gasteiger charge is 2.17. The summed E-state index contributed by atoms with van der Waals surface area (Å²) >= 11 is 0. The van der Waals surface area contributed by atoms with E-state index in [0.29, 0.717) is 0 Å². The number of ether oxygens (including phenoxy) is 2. The summed E-state index contributed by atoms with van der Waals surface area (Å²) in [6, 6.07) is 3.36. The molecule has 0 aliphatic heterocycles. The van der Waals surface area contributed by atoms with Crippen molar-refractivity contribution in [3.8, 4) is 12.1 Å². The minimum atomic E-state index is -0.758. The Morgan fingerprint density at radius 2 is 1.03 bits per heavy atom. The molecule has 0 saturated carbocycles. The van der Waals surface area contributed by atoms with Gasteiger partial charge in [-0.05, 0) is 0 Å². The zero-order chi connectivity index (χ0) is 21.4. The van der Waals surface area contributed by atoms with Crippen molar-refractivity contribution < 1.29 is 24.5 Å². The van der Waals surface area contributed by atoms with Gasteiger partial charge in [0.15, 0.2) is 46.0 Å². The Morgan fingerprint density at radius 3 is 1.28 bits per heavy atom. The lowest BCUT2D eigenvalue weighted by Crippen LogP contribution is -2.13. The number of aromatic nitrogens is 4. The number of nitriles is 2. The van der Waals surface area contributed by atoms with Gasteiger partial charge in [0.25, 0.3) is 0 Å². The quantitative estimate of drug-likeness (QED) is 0.385. The van der Waals surface area contributed by atoms with Crippen molar-refractivity contribution in [3.63, 3.8) is 0 Å². The van der Waals surface area contributed by atoms with Crippen LogP contribution >= 0.6 is 0 Å². The Morgan fingerprint density at radius 1 is 0.724 bits per heavy atom. The normalized spacial score (nSPS) is 8.83. The molecular weight excluding hydrogens is 388 g/mol. The van der Waals surface area contributed by atoms with Gasteiger partial charge in [-0.1, -0.05) is 0 Å². The number of anilines is 4. The predicted octanol–water partition coefficient (Wildman–Crippen LogP) is -2.23. The fourth-order valence-electron chi connectivity index (χ4n) is 1.58. The Balaban J connectivity index is 0.000000523. The zero-order valence-corrected chi connectivity index (χ0v) is 15.1. The number of nitrogens with zero attached hydrogens (tertiary/aromatic N) is 6. The summed E-state index contributed by atoms with van der Waals surface area (Å²) in [5.74, 6) is -2.06. The lowest BCUT2D eigenvalue weighted by Gasteiger charge is -2.03. The minimum Gasteiger partial charge on any atom is -0.464 e. The maximum atomic E-state index is 11.1. The van der Waals surface area contributed by atoms with Crippen LogP contribution in [0.15, 0.2) is 0 Å². The van der Waals surface area contributed by atoms with Crippen LogP contribution in [-0.4, -0.2) is 51.6 Å². The zero-order valence-electron chi connectivity index (χ0n) is 15.1. The Labute approximate surface area is 163 Å². The Bertz CT molecular complexity index is 930. The number of nitrogen functional groups attached to an aromatic ring is 4. The molecule has 2 aromatic rings. The molecule has 0 saturated heterocycles. The van der Waals surface area contributed by atoms with Crippen LogP contribution in [0.3, 0.4) is 0 Å². The third-order valence-corrected chi connectivity index (χ3v) is 2.87. The van der Waals surface area contributed by atoms with E-state index < -0.39 is 11.9 Å². The first-order valence-electron chi connectivity index (χ1n) is 7.02. The molecule has 29 heavy (non-hydrogen) atoms. The van der Waals surface area contributed by atoms with Gasteiger partial charge in [0.2, 0.25) is 0 Å². The number of rotatable bonds is 2. The van der Waals surface area contributed by atoms with E-state index in [9.17, 15) is 9.59 Å². The van der Waals surface area contributed by atoms with Crippen molar-refractivity contribution >= 4 is 35.2 Å². The highest BCUT2D eigenvalue weighted by Crippen LogP contribution is 2.13. The predicted molar refractivity (Wildman–Crippen MR) is 97.4 cm³/mol. The molecule has 152 valence electrons. The Hall–Kier alpha value is -4.76. The molecule has 0 bridgehead atoms. The molecule has 15 nitrogen and oxygen atoms in total. The van der Waals surface area contributed by atoms with Crippen LogP contribution in [0.2, 0.25) is 0 Å². The summed E-state index contributed by atoms with van der Waals surface area (Å²) in [6.45, 7) is 0. The van der Waals surface area contributed by atoms with Crippen molar-refractivity contribution in [2.45, 2.75) is 0 Å². The van der Waals surface area contributed by atoms with Crippen molar-refractivity contribution in [1.82, 2.24) is 19.9 Å². The largest absolute Gasteiger partial charge is 0.464 e. The van der Waals surface area contributed by atoms with Crippen molar-refractivity contribution in [2.75, 3.05) is 37.2 Å². The lowest BCUT2D eigenvalue weighted by molar-refractivity contribution is 0.0586. The van der Waals surface area contributed by atoms with E-state index in [0.717, 1.165) is 0 Å². The third-order valence-electron chi connectivity index (χ3n) is 2.87. The van der Waals surface area contributed by atoms with Crippen LogP contribution < -0.4 is 22.9 Å². The highest BCUT2D eigenvalue weighted by atomic mass is 16.5. The molecule has 0 aliphatic carbocycles. The van der Waals surface area contributed by atoms with Gasteiger partial charge in [-0.15, -0.1) is 0 Å². The second-order valence-electron chi connectivity index (χ2n) is 4.59. The molecule has 0 fully saturated rings. The SMILES string of the molecule is COC(=O)c1nc(C#N)c(N)nc1N.COC(=O)c1nc(C#N)c(N)nc1N.O. The summed E-state index contributed by atoms with van der Waals surface area (Å²) in [5.41, 5.74) is 20.6. The number of carbonyl (C=O) groups is 2. The van der Waals surface area contributed by atoms with Gasteiger partial charge in [-0.3, -0.25) is 0 Å². The highest BCUT2D eigenvalue weighted by molar-refractivity contribution is 5.92. The molecule has 0 aromatic carbocycles. The van der Waals surface area contributed by atoms with Gasteiger partial charge < -0.3 is 37.9 Å². The van der Waals surface area contributed by atoms with Gasteiger partial charge in [0.1, 0.15) is 12.1 Å². The van der Waals surface area contributed by atoms with E-state index in [4.69, 9.17) is 33.5 Å². The standard InChI is InChI=1S/2C7H7N5O2.H2O/c2*1-14-7(13)4-6(10)12-5(9)3(2-8)11-4;/h2*1H3,(H4,9,10,12);1H2. The second-order valence-corrected chi connectivity index (χ2v) is 4.59. The molecule has 0 aliphatic rings. The number of hydrogen-bond donors (Lipinski definition) is 4. The summed E-state index contributed by atoms with van der Waals surface area (Å²) < 4.78 is 8.77. The van der Waals surface area contributed by atoms with Crippen LogP contribution in [0.5, 0.6) is 0 Å². The molecule has 0 spiro atoms. The number of hydrogen-bond acceptors (Lipinski definition) is 14. The average molecular weight is 404 g/mol. The molecular formula is C14H16N10O5. The third kappa shape index (κ3) is 5.61. The summed E-state index contributed by atoms with van der Waals surface area (Å²) in [5, 5.41) is 17.1. The molecule has 0 unspecified atom stereocenters. The van der Waals surface area contributed by atoms with E-state index in [-0.39, 0.29) is 51.5 Å². The molecule has 2 aromatic heterocycles. The first kappa shape index (κ1) is 24.2. The molecule has 0 radical (unpaired) electrons. The van der Waals surface area contributed by atoms with Crippen LogP contribution in [0.1, 0.15) is 32.4 Å². The van der Waals surface area contributed by atoms with Crippen LogP contribution in [0.4, 0.5) is 23.3 Å². The molecule has 0 atom stereocenters. The maximum absolute atomic E-state index is 11.1. The fourth-order valence-corrected chi connectivity index (χ4v) is 1.58. The van der Waals surface area contributed by atoms with E-state index in [2.05, 4.69) is 29.4 Å². The average Bonchev–Trinajstić information content (AvgIpc) is 2.67. The van der Waals surface area contributed by atoms with Crippen molar-refractivity contribution in [3.05, 3.63) is 22.8 Å². The molecule has 2 heterocycles. The van der Waals surface area contributed by atoms with Crippen molar-refractivity contribution in [1.29, 1.82) is 10.5 Å². The summed E-state index contributed by atoms with van der Waals surface area (Å²) in [6.07, 6.45) is 0. The molecule has 2 rings (SSSR count). The van der Waals surface area contributed by atoms with E-state index >= 15 is 0 Å². The first-order valence-corrected chi connectivity index (χ1v) is 7.02. The Kier molecular flexibility index (Phi) is 8.70. The van der Waals surface area contributed by atoms with Crippen molar-refractivity contribution in [2.24, 2.45) is 0 Å². The maximum Gasteiger partial charge on any atom is 0.360 e. The van der Waals surface area contributed by atoms with Gasteiger partial charge in [-0.2, -0.15) is 10.5 Å². The van der Waals surface area contributed by atoms with Gasteiger partial charge in [-0.25, -0.2) is 29.5 Å². The van der Waals surface area contributed by atoms with Crippen LogP contribution in [0.25, 0.3) is 0 Å². The fraction of sp³-hybridized carbons (Fsp3) is 0.143.